The third-order valence-electron chi connectivity index (χ3n) is 4.90. The van der Waals surface area contributed by atoms with Crippen LogP contribution in [-0.4, -0.2) is 50.7 Å². The maximum atomic E-state index is 4.62. The van der Waals surface area contributed by atoms with E-state index in [1.54, 1.807) is 0 Å². The van der Waals surface area contributed by atoms with Crippen molar-refractivity contribution in [3.8, 4) is 0 Å². The zero-order chi connectivity index (χ0) is 17.9. The summed E-state index contributed by atoms with van der Waals surface area (Å²) in [6, 6.07) is 8.61. The summed E-state index contributed by atoms with van der Waals surface area (Å²) < 4.78 is 3.19. The topological polar surface area (TPSA) is 49.6 Å². The van der Waals surface area contributed by atoms with E-state index in [1.165, 1.54) is 5.56 Å². The maximum Gasteiger partial charge on any atom is 0.203 e. The lowest BCUT2D eigenvalue weighted by atomic mass is 10.2. The van der Waals surface area contributed by atoms with E-state index in [0.29, 0.717) is 0 Å². The van der Waals surface area contributed by atoms with Crippen LogP contribution in [0.5, 0.6) is 0 Å². The Morgan fingerprint density at radius 3 is 2.69 bits per heavy atom. The van der Waals surface area contributed by atoms with Crippen LogP contribution in [-0.2, 0) is 13.0 Å². The largest absolute Gasteiger partial charge is 0.352 e. The van der Waals surface area contributed by atoms with E-state index in [0.717, 1.165) is 67.3 Å². The summed E-state index contributed by atoms with van der Waals surface area (Å²) in [7, 11) is 0. The van der Waals surface area contributed by atoms with Gasteiger partial charge < -0.3 is 4.90 Å². The molecule has 7 heteroatoms. The van der Waals surface area contributed by atoms with Crippen LogP contribution < -0.4 is 4.90 Å². The fraction of sp³-hybridized carbons (Fsp3) is 0.421. The van der Waals surface area contributed by atoms with Gasteiger partial charge in [0.2, 0.25) is 5.65 Å². The second-order valence-corrected chi connectivity index (χ2v) is 7.57. The summed E-state index contributed by atoms with van der Waals surface area (Å²) in [5.41, 5.74) is 2.22. The first-order valence-electron chi connectivity index (χ1n) is 9.15. The lowest BCUT2D eigenvalue weighted by molar-refractivity contribution is 0.285. The van der Waals surface area contributed by atoms with Gasteiger partial charge in [-0.25, -0.2) is 4.98 Å². The molecule has 0 unspecified atom stereocenters. The van der Waals surface area contributed by atoms with Crippen LogP contribution in [0.1, 0.15) is 24.7 Å². The molecule has 1 aromatic carbocycles. The van der Waals surface area contributed by atoms with Crippen molar-refractivity contribution in [1.29, 1.82) is 0 Å². The summed E-state index contributed by atoms with van der Waals surface area (Å²) >= 11 is 3.50. The summed E-state index contributed by atoms with van der Waals surface area (Å²) in [6.45, 7) is 7.16. The van der Waals surface area contributed by atoms with E-state index in [-0.39, 0.29) is 0 Å². The highest BCUT2D eigenvalue weighted by atomic mass is 79.9. The number of aryl methyl sites for hydroxylation is 1. The van der Waals surface area contributed by atoms with Gasteiger partial charge in [0.1, 0.15) is 5.82 Å². The summed E-state index contributed by atoms with van der Waals surface area (Å²) in [6.07, 6.45) is 5.80. The molecule has 1 fully saturated rings. The number of nitrogens with zero attached hydrogens (tertiary/aromatic N) is 6. The van der Waals surface area contributed by atoms with Gasteiger partial charge in [0.05, 0.1) is 0 Å². The molecule has 0 saturated carbocycles. The van der Waals surface area contributed by atoms with Gasteiger partial charge in [-0.15, -0.1) is 10.2 Å². The Morgan fingerprint density at radius 1 is 1.04 bits per heavy atom. The standard InChI is InChI=1S/C19H23BrN6/c1-2-17-22-23-19-18(21-8-11-26(17)19)25-10-3-9-24(12-13-25)14-15-4-6-16(20)7-5-15/h4-8,11H,2-3,9-10,12-14H2,1H3. The van der Waals surface area contributed by atoms with Crippen LogP contribution in [0.25, 0.3) is 5.65 Å². The van der Waals surface area contributed by atoms with Gasteiger partial charge in [-0.2, -0.15) is 0 Å². The van der Waals surface area contributed by atoms with Crippen LogP contribution >= 0.6 is 15.9 Å². The number of benzene rings is 1. The normalized spacial score (nSPS) is 16.2. The first-order chi connectivity index (χ1) is 12.7. The van der Waals surface area contributed by atoms with Crippen molar-refractivity contribution in [2.45, 2.75) is 26.3 Å². The molecule has 0 amide bonds. The van der Waals surface area contributed by atoms with Crippen molar-refractivity contribution < 1.29 is 0 Å². The first-order valence-corrected chi connectivity index (χ1v) is 9.94. The van der Waals surface area contributed by atoms with E-state index < -0.39 is 0 Å². The van der Waals surface area contributed by atoms with Crippen LogP contribution in [0.15, 0.2) is 41.1 Å². The molecular weight excluding hydrogens is 392 g/mol. The van der Waals surface area contributed by atoms with Gasteiger partial charge in [0, 0.05) is 56.0 Å². The molecule has 3 heterocycles. The minimum absolute atomic E-state index is 0.866. The number of hydrogen-bond donors (Lipinski definition) is 0. The number of halogens is 1. The van der Waals surface area contributed by atoms with Gasteiger partial charge >= 0.3 is 0 Å². The van der Waals surface area contributed by atoms with Gasteiger partial charge in [-0.05, 0) is 24.1 Å². The Bertz CT molecular complexity index is 875. The second-order valence-electron chi connectivity index (χ2n) is 6.66. The summed E-state index contributed by atoms with van der Waals surface area (Å²) in [5.74, 6) is 1.93. The predicted octanol–water partition coefficient (Wildman–Crippen LogP) is 3.16. The van der Waals surface area contributed by atoms with Crippen molar-refractivity contribution in [3.63, 3.8) is 0 Å². The number of hydrogen-bond acceptors (Lipinski definition) is 5. The molecule has 6 nitrogen and oxygen atoms in total. The highest BCUT2D eigenvalue weighted by Crippen LogP contribution is 2.20. The predicted molar refractivity (Wildman–Crippen MR) is 106 cm³/mol. The van der Waals surface area contributed by atoms with Crippen molar-refractivity contribution >= 4 is 27.4 Å². The fourth-order valence-corrected chi connectivity index (χ4v) is 3.78. The zero-order valence-electron chi connectivity index (χ0n) is 15.0. The van der Waals surface area contributed by atoms with E-state index in [9.17, 15) is 0 Å². The van der Waals surface area contributed by atoms with Crippen molar-refractivity contribution in [2.24, 2.45) is 0 Å². The monoisotopic (exact) mass is 414 g/mol. The van der Waals surface area contributed by atoms with Crippen LogP contribution in [0.4, 0.5) is 5.82 Å². The van der Waals surface area contributed by atoms with Gasteiger partial charge in [-0.3, -0.25) is 9.30 Å². The van der Waals surface area contributed by atoms with E-state index in [2.05, 4.69) is 76.5 Å². The minimum atomic E-state index is 0.866. The second kappa shape index (κ2) is 7.72. The van der Waals surface area contributed by atoms with Crippen molar-refractivity contribution in [2.75, 3.05) is 31.1 Å². The Kier molecular flexibility index (Phi) is 5.17. The third-order valence-corrected chi connectivity index (χ3v) is 5.43. The van der Waals surface area contributed by atoms with Crippen LogP contribution in [0.2, 0.25) is 0 Å². The van der Waals surface area contributed by atoms with Crippen LogP contribution in [0, 0.1) is 0 Å². The van der Waals surface area contributed by atoms with E-state index in [4.69, 9.17) is 0 Å². The number of rotatable bonds is 4. The molecule has 136 valence electrons. The highest BCUT2D eigenvalue weighted by Gasteiger charge is 2.20. The molecule has 0 atom stereocenters. The number of fused-ring (bicyclic) bond motifs is 1. The first kappa shape index (κ1) is 17.4. The summed E-state index contributed by atoms with van der Waals surface area (Å²) in [5, 5.41) is 8.68. The molecule has 0 spiro atoms. The SMILES string of the molecule is CCc1nnc2c(N3CCCN(Cc4ccc(Br)cc4)CC3)nccn12. The minimum Gasteiger partial charge on any atom is -0.352 e. The molecule has 2 aromatic heterocycles. The smallest absolute Gasteiger partial charge is 0.203 e. The molecule has 1 saturated heterocycles. The highest BCUT2D eigenvalue weighted by molar-refractivity contribution is 9.10. The fourth-order valence-electron chi connectivity index (χ4n) is 3.51. The zero-order valence-corrected chi connectivity index (χ0v) is 16.6. The number of anilines is 1. The molecule has 0 radical (unpaired) electrons. The van der Waals surface area contributed by atoms with Gasteiger partial charge in [-0.1, -0.05) is 35.0 Å². The average molecular weight is 415 g/mol. The number of aromatic nitrogens is 4. The van der Waals surface area contributed by atoms with E-state index >= 15 is 0 Å². The average Bonchev–Trinajstić information content (AvgIpc) is 2.95. The molecule has 26 heavy (non-hydrogen) atoms. The molecule has 1 aliphatic rings. The molecule has 0 bridgehead atoms. The summed E-state index contributed by atoms with van der Waals surface area (Å²) in [4.78, 5) is 9.49. The van der Waals surface area contributed by atoms with Gasteiger partial charge in [0.15, 0.2) is 5.82 Å². The maximum absolute atomic E-state index is 4.62. The van der Waals surface area contributed by atoms with Crippen LogP contribution in [0.3, 0.4) is 0 Å². The molecular formula is C19H23BrN6. The third kappa shape index (κ3) is 3.59. The molecule has 0 N–H and O–H groups in total. The Labute approximate surface area is 162 Å². The Morgan fingerprint density at radius 2 is 1.88 bits per heavy atom. The lowest BCUT2D eigenvalue weighted by Gasteiger charge is -2.23. The molecule has 1 aliphatic heterocycles. The molecule has 4 rings (SSSR count). The molecule has 0 aliphatic carbocycles. The van der Waals surface area contributed by atoms with Gasteiger partial charge in [0.25, 0.3) is 0 Å². The lowest BCUT2D eigenvalue weighted by Crippen LogP contribution is -2.31. The molecule has 3 aromatic rings. The van der Waals surface area contributed by atoms with Crippen molar-refractivity contribution in [1.82, 2.24) is 24.5 Å². The Balaban J connectivity index is 1.48. The van der Waals surface area contributed by atoms with E-state index in [1.807, 2.05) is 12.4 Å². The van der Waals surface area contributed by atoms with Crippen molar-refractivity contribution in [3.05, 3.63) is 52.5 Å². The Hall–Kier alpha value is -1.99. The quantitative estimate of drug-likeness (QED) is 0.655.